The van der Waals surface area contributed by atoms with Crippen molar-refractivity contribution in [3.8, 4) is 0 Å². The van der Waals surface area contributed by atoms with Crippen LogP contribution in [0.4, 0.5) is 4.39 Å². The predicted molar refractivity (Wildman–Crippen MR) is 61.5 cm³/mol. The molecule has 2 N–H and O–H groups in total. The lowest BCUT2D eigenvalue weighted by molar-refractivity contribution is -0.123. The van der Waals surface area contributed by atoms with Crippen LogP contribution in [0, 0.1) is 5.82 Å². The van der Waals surface area contributed by atoms with Crippen molar-refractivity contribution in [3.63, 3.8) is 0 Å². The number of carbonyl (C=O) groups excluding carboxylic acids is 1. The van der Waals surface area contributed by atoms with Gasteiger partial charge in [0, 0.05) is 0 Å². The Morgan fingerprint density at radius 2 is 1.81 bits per heavy atom. The Kier molecular flexibility index (Phi) is 4.43. The summed E-state index contributed by atoms with van der Waals surface area (Å²) in [4.78, 5) is 11.6. The minimum Gasteiger partial charge on any atom is -0.348 e. The molecule has 0 aliphatic carbocycles. The minimum absolute atomic E-state index is 0.0701. The molecular weight excluding hydrogens is 207 g/mol. The van der Waals surface area contributed by atoms with Crippen molar-refractivity contribution in [2.45, 2.75) is 25.9 Å². The molecule has 1 aromatic rings. The van der Waals surface area contributed by atoms with Crippen LogP contribution in [-0.2, 0) is 4.79 Å². The van der Waals surface area contributed by atoms with Crippen LogP contribution in [0.3, 0.4) is 0 Å². The zero-order valence-electron chi connectivity index (χ0n) is 9.75. The van der Waals surface area contributed by atoms with Crippen molar-refractivity contribution < 1.29 is 9.18 Å². The fraction of sp³-hybridized carbons (Fsp3) is 0.417. The molecule has 1 rings (SSSR count). The van der Waals surface area contributed by atoms with Crippen LogP contribution in [0.5, 0.6) is 0 Å². The maximum absolute atomic E-state index is 12.7. The van der Waals surface area contributed by atoms with Gasteiger partial charge in [0.05, 0.1) is 12.1 Å². The van der Waals surface area contributed by atoms with E-state index in [2.05, 4.69) is 10.6 Å². The van der Waals surface area contributed by atoms with Gasteiger partial charge in [0.15, 0.2) is 0 Å². The molecule has 0 aliphatic heterocycles. The van der Waals surface area contributed by atoms with Gasteiger partial charge >= 0.3 is 0 Å². The molecule has 0 aliphatic rings. The van der Waals surface area contributed by atoms with E-state index in [1.165, 1.54) is 12.1 Å². The molecule has 3 nitrogen and oxygen atoms in total. The molecule has 16 heavy (non-hydrogen) atoms. The van der Waals surface area contributed by atoms with E-state index in [9.17, 15) is 9.18 Å². The molecule has 0 saturated carbocycles. The molecule has 1 aromatic carbocycles. The standard InChI is InChI=1S/C12H17FN2O/c1-8(15-12(16)9(2)14-3)10-4-6-11(13)7-5-10/h4-9,14H,1-3H3,(H,15,16). The molecule has 0 fully saturated rings. The van der Waals surface area contributed by atoms with Crippen molar-refractivity contribution in [3.05, 3.63) is 35.6 Å². The Bertz CT molecular complexity index is 351. The largest absolute Gasteiger partial charge is 0.348 e. The fourth-order valence-corrected chi connectivity index (χ4v) is 1.30. The summed E-state index contributed by atoms with van der Waals surface area (Å²) in [6, 6.07) is 5.76. The number of amides is 1. The minimum atomic E-state index is -0.272. The van der Waals surface area contributed by atoms with Gasteiger partial charge < -0.3 is 10.6 Å². The summed E-state index contributed by atoms with van der Waals surface area (Å²) < 4.78 is 12.7. The number of hydrogen-bond donors (Lipinski definition) is 2. The zero-order valence-corrected chi connectivity index (χ0v) is 9.75. The van der Waals surface area contributed by atoms with Gasteiger partial charge in [0.1, 0.15) is 5.82 Å². The highest BCUT2D eigenvalue weighted by molar-refractivity contribution is 5.81. The quantitative estimate of drug-likeness (QED) is 0.815. The van der Waals surface area contributed by atoms with Gasteiger partial charge in [-0.05, 0) is 38.6 Å². The van der Waals surface area contributed by atoms with Gasteiger partial charge in [-0.1, -0.05) is 12.1 Å². The maximum Gasteiger partial charge on any atom is 0.237 e. The third kappa shape index (κ3) is 3.31. The second kappa shape index (κ2) is 5.61. The second-order valence-corrected chi connectivity index (χ2v) is 3.79. The normalized spacial score (nSPS) is 14.2. The number of likely N-dealkylation sites (N-methyl/N-ethyl adjacent to an activating group) is 1. The average molecular weight is 224 g/mol. The SMILES string of the molecule is CNC(C)C(=O)NC(C)c1ccc(F)cc1. The summed E-state index contributed by atoms with van der Waals surface area (Å²) in [6.45, 7) is 3.65. The van der Waals surface area contributed by atoms with Gasteiger partial charge in [0.25, 0.3) is 0 Å². The maximum atomic E-state index is 12.7. The van der Waals surface area contributed by atoms with Gasteiger partial charge in [-0.15, -0.1) is 0 Å². The summed E-state index contributed by atoms with van der Waals surface area (Å²) in [5.74, 6) is -0.342. The predicted octanol–water partition coefficient (Wildman–Crippen LogP) is 1.61. The van der Waals surface area contributed by atoms with Crippen LogP contribution in [0.2, 0.25) is 0 Å². The topological polar surface area (TPSA) is 41.1 Å². The summed E-state index contributed by atoms with van der Waals surface area (Å²) in [5, 5.41) is 5.70. The summed E-state index contributed by atoms with van der Waals surface area (Å²) in [5.41, 5.74) is 0.887. The molecule has 0 radical (unpaired) electrons. The highest BCUT2D eigenvalue weighted by Crippen LogP contribution is 2.12. The second-order valence-electron chi connectivity index (χ2n) is 3.79. The molecule has 1 amide bonds. The number of hydrogen-bond acceptors (Lipinski definition) is 2. The Morgan fingerprint density at radius 3 is 2.31 bits per heavy atom. The molecule has 2 unspecified atom stereocenters. The molecule has 2 atom stereocenters. The van der Waals surface area contributed by atoms with Crippen molar-refractivity contribution in [2.24, 2.45) is 0 Å². The van der Waals surface area contributed by atoms with Gasteiger partial charge in [-0.3, -0.25) is 4.79 Å². The Balaban J connectivity index is 2.62. The Hall–Kier alpha value is -1.42. The van der Waals surface area contributed by atoms with E-state index in [4.69, 9.17) is 0 Å². The van der Waals surface area contributed by atoms with Crippen LogP contribution in [0.15, 0.2) is 24.3 Å². The summed E-state index contributed by atoms with van der Waals surface area (Å²) in [7, 11) is 1.73. The average Bonchev–Trinajstić information content (AvgIpc) is 2.28. The molecule has 0 aromatic heterocycles. The van der Waals surface area contributed by atoms with E-state index in [0.29, 0.717) is 0 Å². The molecule has 0 bridgehead atoms. The number of benzene rings is 1. The van der Waals surface area contributed by atoms with Crippen molar-refractivity contribution in [1.29, 1.82) is 0 Å². The third-order valence-corrected chi connectivity index (χ3v) is 2.56. The highest BCUT2D eigenvalue weighted by Gasteiger charge is 2.14. The molecular formula is C12H17FN2O. The Morgan fingerprint density at radius 1 is 1.25 bits per heavy atom. The highest BCUT2D eigenvalue weighted by atomic mass is 19.1. The van der Waals surface area contributed by atoms with Crippen LogP contribution in [-0.4, -0.2) is 19.0 Å². The Labute approximate surface area is 95.0 Å². The molecule has 0 spiro atoms. The van der Waals surface area contributed by atoms with Crippen LogP contribution in [0.25, 0.3) is 0 Å². The lowest BCUT2D eigenvalue weighted by Gasteiger charge is -2.17. The van der Waals surface area contributed by atoms with Crippen molar-refractivity contribution in [2.75, 3.05) is 7.05 Å². The van der Waals surface area contributed by atoms with E-state index in [0.717, 1.165) is 5.56 Å². The lowest BCUT2D eigenvalue weighted by Crippen LogP contribution is -2.41. The van der Waals surface area contributed by atoms with E-state index in [1.54, 1.807) is 26.1 Å². The molecule has 0 saturated heterocycles. The lowest BCUT2D eigenvalue weighted by atomic mass is 10.1. The van der Waals surface area contributed by atoms with Crippen LogP contribution < -0.4 is 10.6 Å². The zero-order chi connectivity index (χ0) is 12.1. The van der Waals surface area contributed by atoms with Crippen LogP contribution >= 0.6 is 0 Å². The third-order valence-electron chi connectivity index (χ3n) is 2.56. The first-order valence-corrected chi connectivity index (χ1v) is 5.27. The fourth-order valence-electron chi connectivity index (χ4n) is 1.30. The van der Waals surface area contributed by atoms with Crippen molar-refractivity contribution >= 4 is 5.91 Å². The van der Waals surface area contributed by atoms with Gasteiger partial charge in [0.2, 0.25) is 5.91 Å². The van der Waals surface area contributed by atoms with E-state index in [-0.39, 0.29) is 23.8 Å². The summed E-state index contributed by atoms with van der Waals surface area (Å²) in [6.07, 6.45) is 0. The van der Waals surface area contributed by atoms with Gasteiger partial charge in [-0.25, -0.2) is 4.39 Å². The number of nitrogens with one attached hydrogen (secondary N) is 2. The van der Waals surface area contributed by atoms with Crippen molar-refractivity contribution in [1.82, 2.24) is 10.6 Å². The number of halogens is 1. The first kappa shape index (κ1) is 12.6. The molecule has 4 heteroatoms. The van der Waals surface area contributed by atoms with E-state index in [1.807, 2.05) is 6.92 Å². The number of rotatable bonds is 4. The molecule has 0 heterocycles. The smallest absolute Gasteiger partial charge is 0.237 e. The first-order chi connectivity index (χ1) is 7.54. The van der Waals surface area contributed by atoms with Gasteiger partial charge in [-0.2, -0.15) is 0 Å². The summed E-state index contributed by atoms with van der Waals surface area (Å²) >= 11 is 0. The van der Waals surface area contributed by atoms with E-state index >= 15 is 0 Å². The van der Waals surface area contributed by atoms with Crippen LogP contribution in [0.1, 0.15) is 25.5 Å². The number of carbonyl (C=O) groups is 1. The monoisotopic (exact) mass is 224 g/mol. The first-order valence-electron chi connectivity index (χ1n) is 5.27. The van der Waals surface area contributed by atoms with E-state index < -0.39 is 0 Å². The molecule has 88 valence electrons.